The molecule has 0 bridgehead atoms. The van der Waals surface area contributed by atoms with Crippen LogP contribution in [0.25, 0.3) is 0 Å². The fourth-order valence-electron chi connectivity index (χ4n) is 3.02. The smallest absolute Gasteiger partial charge is 0.260 e. The number of benzene rings is 1. The van der Waals surface area contributed by atoms with Crippen molar-refractivity contribution in [2.45, 2.75) is 58.0 Å². The van der Waals surface area contributed by atoms with E-state index in [1.54, 1.807) is 6.07 Å². The number of hydrogen-bond donors (Lipinski definition) is 0. The van der Waals surface area contributed by atoms with E-state index >= 15 is 0 Å². The summed E-state index contributed by atoms with van der Waals surface area (Å²) < 4.78 is 48.6. The van der Waals surface area contributed by atoms with Gasteiger partial charge in [-0.05, 0) is 55.7 Å². The molecule has 1 fully saturated rings. The fourth-order valence-corrected chi connectivity index (χ4v) is 3.02. The molecule has 1 aromatic rings. The highest BCUT2D eigenvalue weighted by Gasteiger charge is 2.20. The van der Waals surface area contributed by atoms with E-state index in [1.807, 2.05) is 0 Å². The van der Waals surface area contributed by atoms with Gasteiger partial charge in [-0.1, -0.05) is 19.4 Å². The minimum absolute atomic E-state index is 0.0491. The maximum Gasteiger partial charge on any atom is 0.260 e. The van der Waals surface area contributed by atoms with Gasteiger partial charge in [0.25, 0.3) is 6.43 Å². The second-order valence-corrected chi connectivity index (χ2v) is 6.27. The lowest BCUT2D eigenvalue weighted by atomic mass is 9.92. The van der Waals surface area contributed by atoms with Gasteiger partial charge in [-0.3, -0.25) is 0 Å². The number of rotatable bonds is 8. The van der Waals surface area contributed by atoms with E-state index in [9.17, 15) is 13.2 Å². The molecule has 1 aromatic carbocycles. The molecule has 0 amide bonds. The van der Waals surface area contributed by atoms with E-state index < -0.39 is 12.2 Å². The van der Waals surface area contributed by atoms with E-state index in [-0.39, 0.29) is 11.9 Å². The molecule has 2 rings (SSSR count). The molecule has 0 N–H and O–H groups in total. The van der Waals surface area contributed by atoms with E-state index in [4.69, 9.17) is 9.47 Å². The summed E-state index contributed by atoms with van der Waals surface area (Å²) in [4.78, 5) is 0. The van der Waals surface area contributed by atoms with Crippen LogP contribution in [0.1, 0.15) is 44.6 Å². The first-order valence-electron chi connectivity index (χ1n) is 8.60. The Bertz CT molecular complexity index is 523. The molecule has 1 aliphatic heterocycles. The lowest BCUT2D eigenvalue weighted by molar-refractivity contribution is -0.0215. The van der Waals surface area contributed by atoms with Crippen LogP contribution in [-0.4, -0.2) is 19.1 Å². The summed E-state index contributed by atoms with van der Waals surface area (Å²) in [5.41, 5.74) is 0.858. The molecule has 0 aliphatic carbocycles. The van der Waals surface area contributed by atoms with Crippen LogP contribution in [0.15, 0.2) is 30.5 Å². The topological polar surface area (TPSA) is 18.5 Å². The minimum Gasteiger partial charge on any atom is -0.462 e. The lowest BCUT2D eigenvalue weighted by Crippen LogP contribution is -2.26. The van der Waals surface area contributed by atoms with Gasteiger partial charge in [0.2, 0.25) is 0 Å². The van der Waals surface area contributed by atoms with Gasteiger partial charge in [0, 0.05) is 12.7 Å². The number of aryl methyl sites for hydroxylation is 1. The highest BCUT2D eigenvalue weighted by Crippen LogP contribution is 2.26. The standard InChI is InChI=1S/C19H25F3O2/c1-2-3-15-5-8-16(24-13-15)7-4-14-6-9-18(17(20)12-14)23-11-10-19(21)22/h6,9-12,15-16,19H,2-5,7-8,13H2,1H3. The molecule has 0 aromatic heterocycles. The third kappa shape index (κ3) is 6.19. The Morgan fingerprint density at radius 2 is 2.12 bits per heavy atom. The molecule has 2 unspecified atom stereocenters. The second kappa shape index (κ2) is 9.72. The molecular formula is C19H25F3O2. The van der Waals surface area contributed by atoms with Gasteiger partial charge in [0.05, 0.1) is 12.4 Å². The summed E-state index contributed by atoms with van der Waals surface area (Å²) in [5.74, 6) is 0.0902. The highest BCUT2D eigenvalue weighted by atomic mass is 19.3. The Hall–Kier alpha value is -1.49. The number of hydrogen-bond acceptors (Lipinski definition) is 2. The van der Waals surface area contributed by atoms with Gasteiger partial charge < -0.3 is 9.47 Å². The zero-order chi connectivity index (χ0) is 17.4. The van der Waals surface area contributed by atoms with Crippen LogP contribution in [0, 0.1) is 11.7 Å². The first kappa shape index (κ1) is 18.8. The molecule has 24 heavy (non-hydrogen) atoms. The van der Waals surface area contributed by atoms with Gasteiger partial charge >= 0.3 is 0 Å². The zero-order valence-corrected chi connectivity index (χ0v) is 14.0. The highest BCUT2D eigenvalue weighted by molar-refractivity contribution is 5.30. The van der Waals surface area contributed by atoms with Gasteiger partial charge in [0.15, 0.2) is 11.6 Å². The molecule has 5 heteroatoms. The van der Waals surface area contributed by atoms with Crippen molar-refractivity contribution in [1.82, 2.24) is 0 Å². The summed E-state index contributed by atoms with van der Waals surface area (Å²) in [6.07, 6.45) is 5.29. The first-order valence-corrected chi connectivity index (χ1v) is 8.60. The van der Waals surface area contributed by atoms with Crippen LogP contribution in [-0.2, 0) is 11.2 Å². The summed E-state index contributed by atoms with van der Waals surface area (Å²) >= 11 is 0. The summed E-state index contributed by atoms with van der Waals surface area (Å²) in [5, 5.41) is 0. The normalized spacial score (nSPS) is 21.5. The van der Waals surface area contributed by atoms with Crippen molar-refractivity contribution in [1.29, 1.82) is 0 Å². The Morgan fingerprint density at radius 3 is 2.75 bits per heavy atom. The molecule has 1 heterocycles. The quantitative estimate of drug-likeness (QED) is 0.580. The van der Waals surface area contributed by atoms with Gasteiger partial charge in [-0.25, -0.2) is 13.2 Å². The average Bonchev–Trinajstić information content (AvgIpc) is 2.56. The first-order chi connectivity index (χ1) is 11.6. The molecule has 1 aliphatic rings. The number of halogens is 3. The maximum atomic E-state index is 13.9. The summed E-state index contributed by atoms with van der Waals surface area (Å²) in [7, 11) is 0. The van der Waals surface area contributed by atoms with E-state index in [1.165, 1.54) is 31.4 Å². The Labute approximate surface area is 141 Å². The van der Waals surface area contributed by atoms with Crippen molar-refractivity contribution < 1.29 is 22.6 Å². The monoisotopic (exact) mass is 342 g/mol. The molecule has 0 radical (unpaired) electrons. The van der Waals surface area contributed by atoms with Crippen molar-refractivity contribution in [3.63, 3.8) is 0 Å². The van der Waals surface area contributed by atoms with Gasteiger partial charge in [-0.2, -0.15) is 0 Å². The third-order valence-electron chi connectivity index (χ3n) is 4.33. The Kier molecular flexibility index (Phi) is 7.63. The largest absolute Gasteiger partial charge is 0.462 e. The van der Waals surface area contributed by atoms with Crippen molar-refractivity contribution in [3.05, 3.63) is 41.9 Å². The average molecular weight is 342 g/mol. The zero-order valence-electron chi connectivity index (χ0n) is 14.0. The van der Waals surface area contributed by atoms with Crippen molar-refractivity contribution >= 4 is 0 Å². The van der Waals surface area contributed by atoms with Crippen LogP contribution in [0.4, 0.5) is 13.2 Å². The minimum atomic E-state index is -2.61. The molecule has 0 saturated carbocycles. The van der Waals surface area contributed by atoms with E-state index in [2.05, 4.69) is 6.92 Å². The molecule has 134 valence electrons. The van der Waals surface area contributed by atoms with E-state index in [0.717, 1.165) is 37.7 Å². The SMILES string of the molecule is CCCC1CCC(CCc2ccc(OC=CC(F)F)c(F)c2)OC1. The Balaban J connectivity index is 1.78. The number of alkyl halides is 2. The predicted molar refractivity (Wildman–Crippen MR) is 87.9 cm³/mol. The van der Waals surface area contributed by atoms with Crippen LogP contribution in [0.2, 0.25) is 0 Å². The summed E-state index contributed by atoms with van der Waals surface area (Å²) in [6.45, 7) is 3.02. The molecular weight excluding hydrogens is 317 g/mol. The van der Waals surface area contributed by atoms with E-state index in [0.29, 0.717) is 12.0 Å². The summed E-state index contributed by atoms with van der Waals surface area (Å²) in [6, 6.07) is 4.63. The molecule has 0 spiro atoms. The van der Waals surface area contributed by atoms with Crippen LogP contribution in [0.3, 0.4) is 0 Å². The van der Waals surface area contributed by atoms with Crippen LogP contribution >= 0.6 is 0 Å². The maximum absolute atomic E-state index is 13.9. The lowest BCUT2D eigenvalue weighted by Gasteiger charge is -2.29. The third-order valence-corrected chi connectivity index (χ3v) is 4.33. The second-order valence-electron chi connectivity index (χ2n) is 6.27. The van der Waals surface area contributed by atoms with Crippen molar-refractivity contribution in [3.8, 4) is 5.75 Å². The van der Waals surface area contributed by atoms with Gasteiger partial charge in [0.1, 0.15) is 0 Å². The molecule has 1 saturated heterocycles. The van der Waals surface area contributed by atoms with Crippen LogP contribution < -0.4 is 4.74 Å². The number of allylic oxidation sites excluding steroid dienone is 1. The molecule has 2 nitrogen and oxygen atoms in total. The van der Waals surface area contributed by atoms with Crippen LogP contribution in [0.5, 0.6) is 5.75 Å². The van der Waals surface area contributed by atoms with Crippen molar-refractivity contribution in [2.24, 2.45) is 5.92 Å². The fraction of sp³-hybridized carbons (Fsp3) is 0.579. The molecule has 2 atom stereocenters. The Morgan fingerprint density at radius 1 is 1.29 bits per heavy atom. The predicted octanol–water partition coefficient (Wildman–Crippen LogP) is 5.51. The van der Waals surface area contributed by atoms with Crippen molar-refractivity contribution in [2.75, 3.05) is 6.61 Å². The number of ether oxygens (including phenoxy) is 2. The van der Waals surface area contributed by atoms with Gasteiger partial charge in [-0.15, -0.1) is 0 Å².